The van der Waals surface area contributed by atoms with Gasteiger partial charge in [0.1, 0.15) is 0 Å². The molecular formula is C3H10N4O2. The molecule has 6 N–H and O–H groups in total. The van der Waals surface area contributed by atoms with E-state index in [0.717, 1.165) is 5.01 Å². The molecule has 0 saturated heterocycles. The molecule has 0 aromatic heterocycles. The molecule has 0 aliphatic heterocycles. The van der Waals surface area contributed by atoms with E-state index in [0.29, 0.717) is 0 Å². The molecule has 0 radical (unpaired) electrons. The number of nitrogens with two attached hydrogens (primary N) is 2. The maximum Gasteiger partial charge on any atom is 0.328 e. The summed E-state index contributed by atoms with van der Waals surface area (Å²) >= 11 is 0. The highest BCUT2D eigenvalue weighted by atomic mass is 16.3. The number of hydrazine groups is 1. The number of amides is 2. The molecule has 0 saturated carbocycles. The van der Waals surface area contributed by atoms with E-state index in [4.69, 9.17) is 16.6 Å². The third-order valence-electron chi connectivity index (χ3n) is 0.656. The van der Waals surface area contributed by atoms with Gasteiger partial charge >= 0.3 is 6.03 Å². The molecular weight excluding hydrogens is 124 g/mol. The molecule has 54 valence electrons. The molecule has 0 spiro atoms. The molecule has 1 unspecified atom stereocenters. The van der Waals surface area contributed by atoms with Crippen molar-refractivity contribution in [1.29, 1.82) is 0 Å². The summed E-state index contributed by atoms with van der Waals surface area (Å²) in [5, 5.41) is 9.27. The molecule has 0 aliphatic carbocycles. The van der Waals surface area contributed by atoms with Gasteiger partial charge in [-0.25, -0.2) is 4.79 Å². The van der Waals surface area contributed by atoms with E-state index in [1.165, 1.54) is 7.05 Å². The highest BCUT2D eigenvalue weighted by molar-refractivity contribution is 5.70. The molecule has 0 fully saturated rings. The average Bonchev–Trinajstić information content (AvgIpc) is 1.63. The number of nitrogens with zero attached hydrogens (tertiary/aromatic N) is 1. The lowest BCUT2D eigenvalue weighted by Gasteiger charge is -2.16. The Hall–Kier alpha value is -0.850. The maximum absolute atomic E-state index is 10.2. The second-order valence-electron chi connectivity index (χ2n) is 1.47. The lowest BCUT2D eigenvalue weighted by Crippen LogP contribution is -2.51. The van der Waals surface area contributed by atoms with Crippen molar-refractivity contribution < 1.29 is 9.90 Å². The van der Waals surface area contributed by atoms with Gasteiger partial charge in [-0.2, -0.15) is 5.43 Å². The number of hydrogen-bond acceptors (Lipinski definition) is 4. The van der Waals surface area contributed by atoms with Gasteiger partial charge in [0, 0.05) is 7.05 Å². The topological polar surface area (TPSA) is 105 Å². The van der Waals surface area contributed by atoms with Crippen LogP contribution in [0.4, 0.5) is 4.79 Å². The Labute approximate surface area is 52.4 Å². The molecule has 6 nitrogen and oxygen atoms in total. The normalized spacial score (nSPS) is 12.8. The van der Waals surface area contributed by atoms with Crippen LogP contribution in [0.15, 0.2) is 0 Å². The smallest absolute Gasteiger partial charge is 0.328 e. The van der Waals surface area contributed by atoms with E-state index >= 15 is 0 Å². The standard InChI is InChI=1S/C3H10N4O2/c1-7(3(5)9)6-2(4)8/h2,6,8H,4H2,1H3,(H2,5,9). The lowest BCUT2D eigenvalue weighted by atomic mass is 10.9. The molecule has 9 heavy (non-hydrogen) atoms. The first-order valence-electron chi connectivity index (χ1n) is 2.27. The largest absolute Gasteiger partial charge is 0.364 e. The summed E-state index contributed by atoms with van der Waals surface area (Å²) in [5.74, 6) is 0. The molecule has 0 aliphatic rings. The van der Waals surface area contributed by atoms with Crippen LogP contribution in [0.3, 0.4) is 0 Å². The average molecular weight is 134 g/mol. The zero-order valence-corrected chi connectivity index (χ0v) is 5.03. The third kappa shape index (κ3) is 3.71. The Balaban J connectivity index is 3.50. The summed E-state index contributed by atoms with van der Waals surface area (Å²) in [4.78, 5) is 10.2. The molecule has 0 rings (SSSR count). The number of rotatable bonds is 2. The van der Waals surface area contributed by atoms with Gasteiger partial charge in [0.2, 0.25) is 0 Å². The van der Waals surface area contributed by atoms with Crippen molar-refractivity contribution in [3.63, 3.8) is 0 Å². The minimum absolute atomic E-state index is 0.709. The van der Waals surface area contributed by atoms with Crippen LogP contribution in [0.1, 0.15) is 0 Å². The zero-order chi connectivity index (χ0) is 7.44. The van der Waals surface area contributed by atoms with Crippen molar-refractivity contribution in [2.24, 2.45) is 11.5 Å². The Kier molecular flexibility index (Phi) is 2.93. The lowest BCUT2D eigenvalue weighted by molar-refractivity contribution is 0.0729. The highest BCUT2D eigenvalue weighted by Gasteiger charge is 2.03. The summed E-state index contributed by atoms with van der Waals surface area (Å²) in [6.45, 7) is 0. The van der Waals surface area contributed by atoms with E-state index in [2.05, 4.69) is 5.43 Å². The Bertz CT molecular complexity index is 104. The van der Waals surface area contributed by atoms with E-state index in [9.17, 15) is 4.79 Å². The number of aliphatic hydroxyl groups is 1. The fraction of sp³-hybridized carbons (Fsp3) is 0.667. The van der Waals surface area contributed by atoms with Crippen LogP contribution in [-0.4, -0.2) is 29.5 Å². The zero-order valence-electron chi connectivity index (χ0n) is 5.03. The maximum atomic E-state index is 10.2. The van der Waals surface area contributed by atoms with Crippen LogP contribution in [-0.2, 0) is 0 Å². The Morgan fingerprint density at radius 1 is 1.89 bits per heavy atom. The van der Waals surface area contributed by atoms with Crippen LogP contribution in [0.2, 0.25) is 0 Å². The number of primary amides is 1. The number of hydrogen-bond donors (Lipinski definition) is 4. The van der Waals surface area contributed by atoms with Gasteiger partial charge in [0.05, 0.1) is 0 Å². The van der Waals surface area contributed by atoms with Gasteiger partial charge in [0.15, 0.2) is 6.35 Å². The molecule has 0 heterocycles. The Morgan fingerprint density at radius 3 is 2.44 bits per heavy atom. The fourth-order valence-corrected chi connectivity index (χ4v) is 0.262. The summed E-state index contributed by atoms with van der Waals surface area (Å²) in [5.41, 5.74) is 11.7. The molecule has 0 aromatic rings. The minimum Gasteiger partial charge on any atom is -0.364 e. The van der Waals surface area contributed by atoms with Gasteiger partial charge in [-0.05, 0) is 0 Å². The van der Waals surface area contributed by atoms with Crippen LogP contribution in [0.5, 0.6) is 0 Å². The number of aliphatic hydroxyl groups excluding tert-OH is 1. The van der Waals surface area contributed by atoms with Crippen molar-refractivity contribution >= 4 is 6.03 Å². The molecule has 1 atom stereocenters. The van der Waals surface area contributed by atoms with Gasteiger partial charge in [-0.15, -0.1) is 0 Å². The van der Waals surface area contributed by atoms with E-state index in [1.54, 1.807) is 0 Å². The van der Waals surface area contributed by atoms with Crippen molar-refractivity contribution in [2.45, 2.75) is 6.35 Å². The number of carbonyl (C=O) groups excluding carboxylic acids is 1. The van der Waals surface area contributed by atoms with E-state index < -0.39 is 12.4 Å². The first kappa shape index (κ1) is 8.15. The van der Waals surface area contributed by atoms with Crippen LogP contribution >= 0.6 is 0 Å². The number of carbonyl (C=O) groups is 1. The summed E-state index contributed by atoms with van der Waals surface area (Å²) in [6.07, 6.45) is -1.26. The Morgan fingerprint density at radius 2 is 2.33 bits per heavy atom. The van der Waals surface area contributed by atoms with Gasteiger partial charge in [0.25, 0.3) is 0 Å². The van der Waals surface area contributed by atoms with Crippen molar-refractivity contribution in [3.05, 3.63) is 0 Å². The monoisotopic (exact) mass is 134 g/mol. The highest BCUT2D eigenvalue weighted by Crippen LogP contribution is 1.71. The van der Waals surface area contributed by atoms with Crippen molar-refractivity contribution in [3.8, 4) is 0 Å². The van der Waals surface area contributed by atoms with E-state index in [1.807, 2.05) is 0 Å². The molecule has 0 aromatic carbocycles. The van der Waals surface area contributed by atoms with Gasteiger partial charge in [-0.1, -0.05) is 0 Å². The summed E-state index contributed by atoms with van der Waals surface area (Å²) < 4.78 is 0. The summed E-state index contributed by atoms with van der Waals surface area (Å²) in [6, 6.07) is -0.709. The molecule has 0 bridgehead atoms. The predicted octanol–water partition coefficient (Wildman–Crippen LogP) is -2.26. The predicted molar refractivity (Wildman–Crippen MR) is 30.7 cm³/mol. The summed E-state index contributed by atoms with van der Waals surface area (Å²) in [7, 11) is 1.35. The molecule has 6 heteroatoms. The van der Waals surface area contributed by atoms with Gasteiger partial charge < -0.3 is 10.8 Å². The van der Waals surface area contributed by atoms with Crippen LogP contribution < -0.4 is 16.9 Å². The number of nitrogens with one attached hydrogen (secondary N) is 1. The van der Waals surface area contributed by atoms with Crippen molar-refractivity contribution in [1.82, 2.24) is 10.4 Å². The third-order valence-corrected chi connectivity index (χ3v) is 0.656. The van der Waals surface area contributed by atoms with Crippen LogP contribution in [0.25, 0.3) is 0 Å². The van der Waals surface area contributed by atoms with E-state index in [-0.39, 0.29) is 0 Å². The molecule has 2 amide bonds. The quantitative estimate of drug-likeness (QED) is 0.252. The first-order chi connectivity index (χ1) is 4.04. The minimum atomic E-state index is -1.26. The fourth-order valence-electron chi connectivity index (χ4n) is 0.262. The second-order valence-corrected chi connectivity index (χ2v) is 1.47. The van der Waals surface area contributed by atoms with Crippen LogP contribution in [0, 0.1) is 0 Å². The number of urea groups is 1. The first-order valence-corrected chi connectivity index (χ1v) is 2.27. The second kappa shape index (κ2) is 3.23. The van der Waals surface area contributed by atoms with Gasteiger partial charge in [-0.3, -0.25) is 10.7 Å². The SMILES string of the molecule is CN(NC(N)O)C(N)=O. The van der Waals surface area contributed by atoms with Crippen molar-refractivity contribution in [2.75, 3.05) is 7.05 Å².